The number of anilines is 2. The van der Waals surface area contributed by atoms with E-state index in [4.69, 9.17) is 21.1 Å². The molecule has 0 unspecified atom stereocenters. The standard InChI is InChI=1S/C25H23ClN2O4/c1-31-20-9-11-23(32-2)21(15-20)27-24(29)17-8-10-22-16(13-17)6-4-12-28(22)25(30)18-5-3-7-19(26)14-18/h3,5,7-11,13-15H,4,6,12H2,1-2H3,(H,27,29). The van der Waals surface area contributed by atoms with Crippen LogP contribution in [0.15, 0.2) is 60.7 Å². The van der Waals surface area contributed by atoms with Crippen molar-refractivity contribution in [2.45, 2.75) is 12.8 Å². The van der Waals surface area contributed by atoms with Crippen LogP contribution in [0.5, 0.6) is 11.5 Å². The monoisotopic (exact) mass is 450 g/mol. The number of nitrogens with one attached hydrogen (secondary N) is 1. The third-order valence-electron chi connectivity index (χ3n) is 5.43. The van der Waals surface area contributed by atoms with Gasteiger partial charge in [-0.2, -0.15) is 0 Å². The Labute approximate surface area is 191 Å². The molecule has 0 radical (unpaired) electrons. The summed E-state index contributed by atoms with van der Waals surface area (Å²) in [4.78, 5) is 27.8. The Balaban J connectivity index is 1.59. The summed E-state index contributed by atoms with van der Waals surface area (Å²) < 4.78 is 10.6. The van der Waals surface area contributed by atoms with Gasteiger partial charge in [0, 0.05) is 34.4 Å². The van der Waals surface area contributed by atoms with E-state index in [1.807, 2.05) is 12.1 Å². The lowest BCUT2D eigenvalue weighted by Crippen LogP contribution is -2.35. The van der Waals surface area contributed by atoms with Crippen molar-refractivity contribution in [2.75, 3.05) is 31.0 Å². The number of carbonyl (C=O) groups is 2. The minimum absolute atomic E-state index is 0.105. The van der Waals surface area contributed by atoms with E-state index in [2.05, 4.69) is 5.32 Å². The summed E-state index contributed by atoms with van der Waals surface area (Å²) in [6.45, 7) is 0.616. The molecule has 7 heteroatoms. The van der Waals surface area contributed by atoms with Gasteiger partial charge in [-0.3, -0.25) is 9.59 Å². The van der Waals surface area contributed by atoms with Crippen molar-refractivity contribution in [3.8, 4) is 11.5 Å². The molecule has 3 aromatic rings. The van der Waals surface area contributed by atoms with E-state index in [0.717, 1.165) is 24.1 Å². The summed E-state index contributed by atoms with van der Waals surface area (Å²) in [6.07, 6.45) is 1.60. The Kier molecular flexibility index (Phi) is 6.32. The van der Waals surface area contributed by atoms with Crippen LogP contribution >= 0.6 is 11.6 Å². The topological polar surface area (TPSA) is 67.9 Å². The first-order chi connectivity index (χ1) is 15.5. The van der Waals surface area contributed by atoms with E-state index in [1.165, 1.54) is 0 Å². The number of halogens is 1. The van der Waals surface area contributed by atoms with Crippen LogP contribution in [0.2, 0.25) is 5.02 Å². The summed E-state index contributed by atoms with van der Waals surface area (Å²) in [5.41, 5.74) is 3.34. The summed E-state index contributed by atoms with van der Waals surface area (Å²) in [7, 11) is 3.11. The summed E-state index contributed by atoms with van der Waals surface area (Å²) in [6, 6.07) is 17.5. The molecule has 0 atom stereocenters. The molecule has 0 spiro atoms. The van der Waals surface area contributed by atoms with Crippen LogP contribution in [-0.2, 0) is 6.42 Å². The second-order valence-electron chi connectivity index (χ2n) is 7.43. The van der Waals surface area contributed by atoms with Gasteiger partial charge in [0.15, 0.2) is 0 Å². The minimum Gasteiger partial charge on any atom is -0.497 e. The van der Waals surface area contributed by atoms with Crippen molar-refractivity contribution in [3.05, 3.63) is 82.4 Å². The number of benzene rings is 3. The van der Waals surface area contributed by atoms with Gasteiger partial charge in [-0.25, -0.2) is 0 Å². The average Bonchev–Trinajstić information content (AvgIpc) is 2.82. The fraction of sp³-hybridized carbons (Fsp3) is 0.200. The van der Waals surface area contributed by atoms with Gasteiger partial charge in [0.1, 0.15) is 11.5 Å². The lowest BCUT2D eigenvalue weighted by molar-refractivity contribution is 0.0984. The normalized spacial score (nSPS) is 12.7. The largest absolute Gasteiger partial charge is 0.497 e. The smallest absolute Gasteiger partial charge is 0.258 e. The van der Waals surface area contributed by atoms with E-state index >= 15 is 0 Å². The fourth-order valence-corrected chi connectivity index (χ4v) is 4.02. The fourth-order valence-electron chi connectivity index (χ4n) is 3.83. The van der Waals surface area contributed by atoms with E-state index in [-0.39, 0.29) is 11.8 Å². The highest BCUT2D eigenvalue weighted by atomic mass is 35.5. The van der Waals surface area contributed by atoms with Crippen molar-refractivity contribution in [1.82, 2.24) is 0 Å². The molecule has 0 aliphatic carbocycles. The molecule has 0 aromatic heterocycles. The Hall–Kier alpha value is -3.51. The second-order valence-corrected chi connectivity index (χ2v) is 7.87. The predicted octanol–water partition coefficient (Wildman–Crippen LogP) is 5.20. The van der Waals surface area contributed by atoms with Gasteiger partial charge in [0.25, 0.3) is 11.8 Å². The minimum atomic E-state index is -0.266. The Morgan fingerprint density at radius 3 is 2.56 bits per heavy atom. The Morgan fingerprint density at radius 2 is 1.81 bits per heavy atom. The van der Waals surface area contributed by atoms with E-state index in [0.29, 0.717) is 39.9 Å². The van der Waals surface area contributed by atoms with Gasteiger partial charge in [-0.05, 0) is 66.9 Å². The number of amides is 2. The molecule has 0 bridgehead atoms. The van der Waals surface area contributed by atoms with Crippen LogP contribution in [0.3, 0.4) is 0 Å². The van der Waals surface area contributed by atoms with Gasteiger partial charge in [-0.1, -0.05) is 17.7 Å². The number of fused-ring (bicyclic) bond motifs is 1. The highest BCUT2D eigenvalue weighted by Gasteiger charge is 2.25. The molecule has 164 valence electrons. The maximum atomic E-state index is 13.1. The molecular weight excluding hydrogens is 428 g/mol. The highest BCUT2D eigenvalue weighted by molar-refractivity contribution is 6.31. The zero-order chi connectivity index (χ0) is 22.7. The third kappa shape index (κ3) is 4.41. The number of aryl methyl sites for hydroxylation is 1. The van der Waals surface area contributed by atoms with E-state index in [9.17, 15) is 9.59 Å². The van der Waals surface area contributed by atoms with Crippen LogP contribution in [0.1, 0.15) is 32.7 Å². The van der Waals surface area contributed by atoms with Crippen LogP contribution in [-0.4, -0.2) is 32.6 Å². The van der Waals surface area contributed by atoms with Crippen molar-refractivity contribution < 1.29 is 19.1 Å². The number of rotatable bonds is 5. The second kappa shape index (κ2) is 9.32. The average molecular weight is 451 g/mol. The first kappa shape index (κ1) is 21.7. The molecule has 1 aliphatic heterocycles. The highest BCUT2D eigenvalue weighted by Crippen LogP contribution is 2.32. The predicted molar refractivity (Wildman–Crippen MR) is 125 cm³/mol. The molecular formula is C25H23ClN2O4. The number of hydrogen-bond donors (Lipinski definition) is 1. The summed E-state index contributed by atoms with van der Waals surface area (Å²) in [5.74, 6) is 0.779. The molecule has 1 N–H and O–H groups in total. The van der Waals surface area contributed by atoms with E-state index in [1.54, 1.807) is 67.7 Å². The molecule has 2 amide bonds. The molecule has 4 rings (SSSR count). The number of nitrogens with zero attached hydrogens (tertiary/aromatic N) is 1. The number of ether oxygens (including phenoxy) is 2. The first-order valence-electron chi connectivity index (χ1n) is 10.2. The van der Waals surface area contributed by atoms with Crippen LogP contribution in [0, 0.1) is 0 Å². The van der Waals surface area contributed by atoms with Gasteiger partial charge in [0.2, 0.25) is 0 Å². The van der Waals surface area contributed by atoms with Gasteiger partial charge >= 0.3 is 0 Å². The maximum absolute atomic E-state index is 13.1. The van der Waals surface area contributed by atoms with Gasteiger partial charge in [-0.15, -0.1) is 0 Å². The molecule has 3 aromatic carbocycles. The molecule has 1 aliphatic rings. The third-order valence-corrected chi connectivity index (χ3v) is 5.67. The summed E-state index contributed by atoms with van der Waals surface area (Å²) in [5, 5.41) is 3.41. The van der Waals surface area contributed by atoms with Gasteiger partial charge in [0.05, 0.1) is 19.9 Å². The van der Waals surface area contributed by atoms with Crippen molar-refractivity contribution >= 4 is 34.8 Å². The zero-order valence-corrected chi connectivity index (χ0v) is 18.6. The molecule has 0 saturated heterocycles. The Morgan fingerprint density at radius 1 is 0.969 bits per heavy atom. The SMILES string of the molecule is COc1ccc(OC)c(NC(=O)c2ccc3c(c2)CCCN3C(=O)c2cccc(Cl)c2)c1. The quantitative estimate of drug-likeness (QED) is 0.580. The molecule has 0 saturated carbocycles. The van der Waals surface area contributed by atoms with Crippen molar-refractivity contribution in [2.24, 2.45) is 0 Å². The van der Waals surface area contributed by atoms with Crippen LogP contribution in [0.25, 0.3) is 0 Å². The molecule has 32 heavy (non-hydrogen) atoms. The number of carbonyl (C=O) groups excluding carboxylic acids is 2. The zero-order valence-electron chi connectivity index (χ0n) is 17.9. The maximum Gasteiger partial charge on any atom is 0.258 e. The van der Waals surface area contributed by atoms with Crippen molar-refractivity contribution in [1.29, 1.82) is 0 Å². The lowest BCUT2D eigenvalue weighted by Gasteiger charge is -2.30. The first-order valence-corrected chi connectivity index (χ1v) is 10.6. The lowest BCUT2D eigenvalue weighted by atomic mass is 9.98. The summed E-state index contributed by atoms with van der Waals surface area (Å²) >= 11 is 6.06. The molecule has 6 nitrogen and oxygen atoms in total. The Bertz CT molecular complexity index is 1180. The van der Waals surface area contributed by atoms with Crippen molar-refractivity contribution in [3.63, 3.8) is 0 Å². The molecule has 0 fully saturated rings. The van der Waals surface area contributed by atoms with Crippen LogP contribution in [0.4, 0.5) is 11.4 Å². The number of methoxy groups -OCH3 is 2. The van der Waals surface area contributed by atoms with Crippen LogP contribution < -0.4 is 19.7 Å². The molecule has 1 heterocycles. The van der Waals surface area contributed by atoms with Gasteiger partial charge < -0.3 is 19.7 Å². The van der Waals surface area contributed by atoms with E-state index < -0.39 is 0 Å². The number of hydrogen-bond acceptors (Lipinski definition) is 4.